The van der Waals surface area contributed by atoms with Crippen LogP contribution in [0.15, 0.2) is 18.5 Å². The molecule has 0 aliphatic carbocycles. The number of hydrogen-bond acceptors (Lipinski definition) is 5. The summed E-state index contributed by atoms with van der Waals surface area (Å²) in [4.78, 5) is 19.3. The van der Waals surface area contributed by atoms with Crippen molar-refractivity contribution in [3.63, 3.8) is 0 Å². The minimum Gasteiger partial charge on any atom is -0.466 e. The Bertz CT molecular complexity index is 724. The minimum absolute atomic E-state index is 0.0888. The highest BCUT2D eigenvalue weighted by molar-refractivity contribution is 5.80. The van der Waals surface area contributed by atoms with Crippen molar-refractivity contribution in [2.75, 3.05) is 24.6 Å². The number of carbonyl (C=O) groups excluding carboxylic acids is 1. The maximum Gasteiger partial charge on any atom is 0.314 e. The molecule has 2 aromatic heterocycles. The first-order chi connectivity index (χ1) is 11.0. The Morgan fingerprint density at radius 2 is 2.26 bits per heavy atom. The maximum atomic E-state index is 12.6. The van der Waals surface area contributed by atoms with Gasteiger partial charge in [0.05, 0.1) is 17.7 Å². The quantitative estimate of drug-likeness (QED) is 0.811. The molecule has 124 valence electrons. The molecule has 3 rings (SSSR count). The molecule has 0 spiro atoms. The molecule has 0 N–H and O–H groups in total. The molecule has 1 atom stereocenters. The Morgan fingerprint density at radius 3 is 2.96 bits per heavy atom. The van der Waals surface area contributed by atoms with Crippen LogP contribution >= 0.6 is 0 Å². The molecule has 2 aromatic rings. The minimum atomic E-state index is -0.459. The molecule has 6 heteroatoms. The summed E-state index contributed by atoms with van der Waals surface area (Å²) < 4.78 is 7.21. The summed E-state index contributed by atoms with van der Waals surface area (Å²) in [6.45, 7) is 9.87. The van der Waals surface area contributed by atoms with Crippen LogP contribution in [0.25, 0.3) is 5.52 Å². The second-order valence-electron chi connectivity index (χ2n) is 6.57. The molecule has 0 saturated carbocycles. The van der Waals surface area contributed by atoms with Crippen LogP contribution in [0.2, 0.25) is 0 Å². The molecule has 1 aliphatic heterocycles. The summed E-state index contributed by atoms with van der Waals surface area (Å²) >= 11 is 0. The normalized spacial score (nSPS) is 21.3. The van der Waals surface area contributed by atoms with Gasteiger partial charge >= 0.3 is 5.97 Å². The van der Waals surface area contributed by atoms with E-state index in [4.69, 9.17) is 4.74 Å². The first-order valence-corrected chi connectivity index (χ1v) is 8.21. The number of anilines is 1. The van der Waals surface area contributed by atoms with Gasteiger partial charge in [0.1, 0.15) is 5.52 Å². The van der Waals surface area contributed by atoms with Gasteiger partial charge in [0.25, 0.3) is 0 Å². The van der Waals surface area contributed by atoms with Crippen molar-refractivity contribution in [1.29, 1.82) is 0 Å². The number of rotatable bonds is 4. The topological polar surface area (TPSA) is 59.7 Å². The van der Waals surface area contributed by atoms with E-state index in [0.29, 0.717) is 13.2 Å². The molecule has 3 heterocycles. The number of aryl methyl sites for hydroxylation is 1. The van der Waals surface area contributed by atoms with Gasteiger partial charge in [0, 0.05) is 25.5 Å². The number of aromatic nitrogens is 3. The molecule has 0 amide bonds. The number of nitrogens with zero attached hydrogens (tertiary/aromatic N) is 4. The van der Waals surface area contributed by atoms with Gasteiger partial charge in [0.15, 0.2) is 5.82 Å². The third kappa shape index (κ3) is 2.56. The van der Waals surface area contributed by atoms with Gasteiger partial charge in [-0.3, -0.25) is 4.79 Å². The van der Waals surface area contributed by atoms with E-state index in [0.717, 1.165) is 30.0 Å². The average molecular weight is 316 g/mol. The highest BCUT2D eigenvalue weighted by Gasteiger charge is 2.48. The first kappa shape index (κ1) is 15.8. The van der Waals surface area contributed by atoms with E-state index in [9.17, 15) is 4.79 Å². The van der Waals surface area contributed by atoms with Crippen molar-refractivity contribution in [2.45, 2.75) is 34.1 Å². The fourth-order valence-electron chi connectivity index (χ4n) is 3.44. The summed E-state index contributed by atoms with van der Waals surface area (Å²) in [5, 5.41) is 4.44. The van der Waals surface area contributed by atoms with Gasteiger partial charge in [-0.25, -0.2) is 9.50 Å². The Morgan fingerprint density at radius 1 is 1.48 bits per heavy atom. The molecular weight excluding hydrogens is 292 g/mol. The third-order valence-electron chi connectivity index (χ3n) is 4.88. The van der Waals surface area contributed by atoms with Gasteiger partial charge in [-0.15, -0.1) is 0 Å². The lowest BCUT2D eigenvalue weighted by atomic mass is 9.76. The zero-order valence-electron chi connectivity index (χ0n) is 14.2. The van der Waals surface area contributed by atoms with Crippen molar-refractivity contribution >= 4 is 17.3 Å². The lowest BCUT2D eigenvalue weighted by Gasteiger charge is -2.31. The van der Waals surface area contributed by atoms with Crippen LogP contribution < -0.4 is 4.90 Å². The monoisotopic (exact) mass is 316 g/mol. The second-order valence-corrected chi connectivity index (χ2v) is 6.57. The van der Waals surface area contributed by atoms with Crippen LogP contribution in [0.4, 0.5) is 5.82 Å². The van der Waals surface area contributed by atoms with Crippen LogP contribution in [-0.4, -0.2) is 40.3 Å². The van der Waals surface area contributed by atoms with Crippen molar-refractivity contribution < 1.29 is 9.53 Å². The molecular formula is C17H24N4O2. The van der Waals surface area contributed by atoms with Crippen molar-refractivity contribution in [3.05, 3.63) is 24.2 Å². The molecule has 23 heavy (non-hydrogen) atoms. The molecule has 0 bridgehead atoms. The molecule has 1 fully saturated rings. The summed E-state index contributed by atoms with van der Waals surface area (Å²) in [7, 11) is 0. The Hall–Kier alpha value is -2.11. The molecule has 0 radical (unpaired) electrons. The van der Waals surface area contributed by atoms with Crippen LogP contribution in [0.3, 0.4) is 0 Å². The predicted octanol–water partition coefficient (Wildman–Crippen LogP) is 2.45. The predicted molar refractivity (Wildman–Crippen MR) is 88.5 cm³/mol. The van der Waals surface area contributed by atoms with Gasteiger partial charge in [-0.2, -0.15) is 5.10 Å². The highest BCUT2D eigenvalue weighted by atomic mass is 16.5. The van der Waals surface area contributed by atoms with E-state index < -0.39 is 5.41 Å². The number of esters is 1. The van der Waals surface area contributed by atoms with E-state index in [2.05, 4.69) is 28.8 Å². The van der Waals surface area contributed by atoms with E-state index in [1.54, 1.807) is 6.20 Å². The maximum absolute atomic E-state index is 12.6. The zero-order valence-corrected chi connectivity index (χ0v) is 14.2. The van der Waals surface area contributed by atoms with Crippen LogP contribution in [0.1, 0.15) is 32.9 Å². The van der Waals surface area contributed by atoms with Crippen LogP contribution in [-0.2, 0) is 9.53 Å². The average Bonchev–Trinajstić information content (AvgIpc) is 3.10. The molecule has 0 aromatic carbocycles. The summed E-state index contributed by atoms with van der Waals surface area (Å²) in [5.41, 5.74) is 1.48. The molecule has 6 nitrogen and oxygen atoms in total. The van der Waals surface area contributed by atoms with Crippen molar-refractivity contribution in [3.8, 4) is 0 Å². The lowest BCUT2D eigenvalue weighted by molar-refractivity contribution is -0.156. The standard InChI is InChI=1S/C17H24N4O2/c1-5-23-16(22)17(12(2)3)6-8-20(11-17)15-14-10-13(4)19-21(14)9-7-18-15/h7,9-10,12H,5-6,8,11H2,1-4H3. The first-order valence-electron chi connectivity index (χ1n) is 8.21. The van der Waals surface area contributed by atoms with Gasteiger partial charge in [-0.1, -0.05) is 13.8 Å². The van der Waals surface area contributed by atoms with Gasteiger partial charge < -0.3 is 9.64 Å². The Balaban J connectivity index is 1.95. The smallest absolute Gasteiger partial charge is 0.314 e. The van der Waals surface area contributed by atoms with E-state index in [1.807, 2.05) is 30.6 Å². The SMILES string of the molecule is CCOC(=O)C1(C(C)C)CCN(c2nccn3nc(C)cc23)C1. The largest absolute Gasteiger partial charge is 0.466 e. The molecule has 1 saturated heterocycles. The lowest BCUT2D eigenvalue weighted by Crippen LogP contribution is -2.40. The van der Waals surface area contributed by atoms with Crippen LogP contribution in [0.5, 0.6) is 0 Å². The third-order valence-corrected chi connectivity index (χ3v) is 4.88. The second kappa shape index (κ2) is 5.83. The number of ether oxygens (including phenoxy) is 1. The van der Waals surface area contributed by atoms with Gasteiger partial charge in [0.2, 0.25) is 0 Å². The fraction of sp³-hybridized carbons (Fsp3) is 0.588. The summed E-state index contributed by atoms with van der Waals surface area (Å²) in [6.07, 6.45) is 4.40. The van der Waals surface area contributed by atoms with Crippen molar-refractivity contribution in [2.24, 2.45) is 11.3 Å². The summed E-state index contributed by atoms with van der Waals surface area (Å²) in [6, 6.07) is 2.03. The highest BCUT2D eigenvalue weighted by Crippen LogP contribution is 2.41. The van der Waals surface area contributed by atoms with Crippen molar-refractivity contribution in [1.82, 2.24) is 14.6 Å². The summed E-state index contributed by atoms with van der Waals surface area (Å²) in [5.74, 6) is 1.02. The number of fused-ring (bicyclic) bond motifs is 1. The fourth-order valence-corrected chi connectivity index (χ4v) is 3.44. The Labute approximate surface area is 136 Å². The molecule has 1 aliphatic rings. The van der Waals surface area contributed by atoms with E-state index >= 15 is 0 Å². The number of hydrogen-bond donors (Lipinski definition) is 0. The van der Waals surface area contributed by atoms with E-state index in [1.165, 1.54) is 0 Å². The van der Waals surface area contributed by atoms with Crippen LogP contribution in [0, 0.1) is 18.3 Å². The van der Waals surface area contributed by atoms with Gasteiger partial charge in [-0.05, 0) is 32.3 Å². The Kier molecular flexibility index (Phi) is 4.00. The molecule has 1 unspecified atom stereocenters. The van der Waals surface area contributed by atoms with E-state index in [-0.39, 0.29) is 11.9 Å². The number of carbonyl (C=O) groups is 1. The zero-order chi connectivity index (χ0) is 16.6.